The van der Waals surface area contributed by atoms with E-state index in [2.05, 4.69) is 12.3 Å². The summed E-state index contributed by atoms with van der Waals surface area (Å²) in [6, 6.07) is 4.27. The fourth-order valence-electron chi connectivity index (χ4n) is 6.11. The molecular weight excluding hydrogens is 332 g/mol. The first-order chi connectivity index (χ1) is 12.6. The quantitative estimate of drug-likeness (QED) is 0.599. The average molecular weight is 354 g/mol. The number of nitriles is 1. The highest BCUT2D eigenvalue weighted by molar-refractivity contribution is 5.67. The number of ether oxygens (including phenoxy) is 3. The van der Waals surface area contributed by atoms with Crippen molar-refractivity contribution in [2.45, 2.75) is 56.3 Å². The van der Waals surface area contributed by atoms with Gasteiger partial charge in [-0.25, -0.2) is 0 Å². The molecular formula is C20H22N2O4. The van der Waals surface area contributed by atoms with Crippen molar-refractivity contribution in [2.75, 3.05) is 13.7 Å². The Morgan fingerprint density at radius 1 is 1.42 bits per heavy atom. The molecule has 0 aromatic heterocycles. The topological polar surface area (TPSA) is 71.8 Å². The van der Waals surface area contributed by atoms with Crippen molar-refractivity contribution in [1.82, 2.24) is 4.90 Å². The zero-order valence-corrected chi connectivity index (χ0v) is 15.0. The van der Waals surface area contributed by atoms with Crippen LogP contribution in [0, 0.1) is 17.4 Å². The molecule has 6 nitrogen and oxygen atoms in total. The predicted molar refractivity (Wildman–Crippen MR) is 91.8 cm³/mol. The lowest BCUT2D eigenvalue weighted by atomic mass is 9.51. The van der Waals surface area contributed by atoms with Crippen LogP contribution in [-0.4, -0.2) is 42.8 Å². The second-order valence-corrected chi connectivity index (χ2v) is 7.86. The average Bonchev–Trinajstić information content (AvgIpc) is 2.97. The molecule has 1 saturated heterocycles. The van der Waals surface area contributed by atoms with Crippen molar-refractivity contribution >= 4 is 5.97 Å². The Bertz CT molecular complexity index is 832. The van der Waals surface area contributed by atoms with Gasteiger partial charge in [-0.05, 0) is 43.2 Å². The van der Waals surface area contributed by atoms with Gasteiger partial charge in [0, 0.05) is 30.5 Å². The number of carbonyl (C=O) groups is 1. The number of hydrogen-bond acceptors (Lipinski definition) is 6. The minimum atomic E-state index is -0.265. The summed E-state index contributed by atoms with van der Waals surface area (Å²) in [7, 11) is 1.66. The number of likely N-dealkylation sites (tertiary alicyclic amines) is 1. The standard InChI is InChI=1S/C20H22N2O4/c1-11(23)25-16-6-4-13-14-9-12-3-5-15(24-2)18-17(12)20(13,19(16)26-18)7-8-22(14)10-21/h3,5,13-14,16,19H,4,6-9H2,1-2H3/t13-,14+,16+,19-,20-/m0/s1. The first-order valence-corrected chi connectivity index (χ1v) is 9.30. The van der Waals surface area contributed by atoms with Crippen molar-refractivity contribution in [2.24, 2.45) is 5.92 Å². The van der Waals surface area contributed by atoms with Gasteiger partial charge in [-0.15, -0.1) is 0 Å². The molecule has 2 aliphatic carbocycles. The van der Waals surface area contributed by atoms with E-state index < -0.39 is 0 Å². The maximum atomic E-state index is 11.7. The van der Waals surface area contributed by atoms with Gasteiger partial charge in [0.05, 0.1) is 7.11 Å². The van der Waals surface area contributed by atoms with Gasteiger partial charge >= 0.3 is 5.97 Å². The van der Waals surface area contributed by atoms with Crippen LogP contribution >= 0.6 is 0 Å². The lowest BCUT2D eigenvalue weighted by molar-refractivity contribution is -0.162. The third-order valence-electron chi connectivity index (χ3n) is 6.91. The Morgan fingerprint density at radius 2 is 2.27 bits per heavy atom. The van der Waals surface area contributed by atoms with Crippen LogP contribution in [0.15, 0.2) is 12.1 Å². The van der Waals surface area contributed by atoms with Crippen LogP contribution in [0.3, 0.4) is 0 Å². The first kappa shape index (κ1) is 15.8. The highest BCUT2D eigenvalue weighted by atomic mass is 16.6. The number of rotatable bonds is 2. The van der Waals surface area contributed by atoms with Crippen LogP contribution in [-0.2, 0) is 21.4 Å². The van der Waals surface area contributed by atoms with Crippen LogP contribution < -0.4 is 9.47 Å². The largest absolute Gasteiger partial charge is 0.493 e. The van der Waals surface area contributed by atoms with Gasteiger partial charge in [0.1, 0.15) is 12.2 Å². The molecule has 0 unspecified atom stereocenters. The summed E-state index contributed by atoms with van der Waals surface area (Å²) in [5.41, 5.74) is 2.30. The van der Waals surface area contributed by atoms with Crippen LogP contribution in [0.2, 0.25) is 0 Å². The Kier molecular flexibility index (Phi) is 3.22. The van der Waals surface area contributed by atoms with E-state index in [1.54, 1.807) is 7.11 Å². The minimum Gasteiger partial charge on any atom is -0.493 e. The molecule has 2 fully saturated rings. The highest BCUT2D eigenvalue weighted by Crippen LogP contribution is 2.64. The van der Waals surface area contributed by atoms with Gasteiger partial charge in [-0.3, -0.25) is 4.79 Å². The molecule has 26 heavy (non-hydrogen) atoms. The molecule has 5 rings (SSSR count). The molecule has 1 saturated carbocycles. The zero-order valence-electron chi connectivity index (χ0n) is 15.0. The van der Waals surface area contributed by atoms with Gasteiger partial charge in [0.15, 0.2) is 17.7 Å². The maximum absolute atomic E-state index is 11.7. The van der Waals surface area contributed by atoms with Gasteiger partial charge < -0.3 is 19.1 Å². The third kappa shape index (κ3) is 1.78. The van der Waals surface area contributed by atoms with E-state index in [0.717, 1.165) is 43.7 Å². The van der Waals surface area contributed by atoms with E-state index in [9.17, 15) is 10.1 Å². The molecule has 2 bridgehead atoms. The normalized spacial score (nSPS) is 35.8. The molecule has 2 aliphatic heterocycles. The highest BCUT2D eigenvalue weighted by Gasteiger charge is 2.66. The third-order valence-corrected chi connectivity index (χ3v) is 6.91. The lowest BCUT2D eigenvalue weighted by Crippen LogP contribution is -2.66. The predicted octanol–water partition coefficient (Wildman–Crippen LogP) is 2.15. The van der Waals surface area contributed by atoms with Crippen molar-refractivity contribution in [3.63, 3.8) is 0 Å². The molecule has 4 aliphatic rings. The molecule has 136 valence electrons. The fourth-order valence-corrected chi connectivity index (χ4v) is 6.11. The second kappa shape index (κ2) is 5.29. The molecule has 0 N–H and O–H groups in total. The summed E-state index contributed by atoms with van der Waals surface area (Å²) >= 11 is 0. The monoisotopic (exact) mass is 354 g/mol. The van der Waals surface area contributed by atoms with Gasteiger partial charge in [0.25, 0.3) is 0 Å². The molecule has 1 aromatic rings. The number of nitrogens with zero attached hydrogens (tertiary/aromatic N) is 2. The van der Waals surface area contributed by atoms with E-state index in [1.807, 2.05) is 11.0 Å². The Balaban J connectivity index is 1.71. The van der Waals surface area contributed by atoms with Crippen LogP contribution in [0.4, 0.5) is 0 Å². The summed E-state index contributed by atoms with van der Waals surface area (Å²) in [6.45, 7) is 2.18. The van der Waals surface area contributed by atoms with Gasteiger partial charge in [0.2, 0.25) is 0 Å². The number of benzene rings is 1. The Labute approximate surface area is 152 Å². The number of carbonyl (C=O) groups excluding carboxylic acids is 1. The summed E-state index contributed by atoms with van der Waals surface area (Å²) in [5, 5.41) is 9.63. The smallest absolute Gasteiger partial charge is 0.303 e. The summed E-state index contributed by atoms with van der Waals surface area (Å²) in [4.78, 5) is 13.6. The summed E-state index contributed by atoms with van der Waals surface area (Å²) in [5.74, 6) is 1.64. The maximum Gasteiger partial charge on any atom is 0.303 e. The molecule has 2 heterocycles. The first-order valence-electron chi connectivity index (χ1n) is 9.30. The molecule has 6 heteroatoms. The number of methoxy groups -OCH3 is 1. The van der Waals surface area contributed by atoms with Crippen molar-refractivity contribution in [3.05, 3.63) is 23.3 Å². The van der Waals surface area contributed by atoms with Gasteiger partial charge in [-0.2, -0.15) is 5.26 Å². The van der Waals surface area contributed by atoms with Gasteiger partial charge in [-0.1, -0.05) is 6.07 Å². The van der Waals surface area contributed by atoms with E-state index in [1.165, 1.54) is 18.1 Å². The lowest BCUT2D eigenvalue weighted by Gasteiger charge is -2.58. The van der Waals surface area contributed by atoms with E-state index >= 15 is 0 Å². The van der Waals surface area contributed by atoms with Crippen LogP contribution in [0.25, 0.3) is 0 Å². The van der Waals surface area contributed by atoms with E-state index in [0.29, 0.717) is 5.92 Å². The van der Waals surface area contributed by atoms with E-state index in [4.69, 9.17) is 14.2 Å². The van der Waals surface area contributed by atoms with Crippen molar-refractivity contribution in [1.29, 1.82) is 5.26 Å². The van der Waals surface area contributed by atoms with Crippen LogP contribution in [0.1, 0.15) is 37.3 Å². The van der Waals surface area contributed by atoms with Crippen molar-refractivity contribution < 1.29 is 19.0 Å². The van der Waals surface area contributed by atoms with E-state index in [-0.39, 0.29) is 29.6 Å². The number of esters is 1. The minimum absolute atomic E-state index is 0.187. The zero-order chi connectivity index (χ0) is 18.1. The molecule has 1 spiro atoms. The number of piperidine rings is 1. The van der Waals surface area contributed by atoms with Crippen molar-refractivity contribution in [3.8, 4) is 17.7 Å². The summed E-state index contributed by atoms with van der Waals surface area (Å²) in [6.07, 6.45) is 5.38. The molecule has 0 amide bonds. The Hall–Kier alpha value is -2.42. The fraction of sp³-hybridized carbons (Fsp3) is 0.600. The molecule has 5 atom stereocenters. The Morgan fingerprint density at radius 3 is 3.00 bits per heavy atom. The van der Waals surface area contributed by atoms with Crippen LogP contribution in [0.5, 0.6) is 11.5 Å². The number of hydrogen-bond donors (Lipinski definition) is 0. The SMILES string of the molecule is COc1ccc2c3c1O[C@H]1[C@H](OC(C)=O)CC[C@H]4[C@@H](C2)N(C#N)CC[C@@]341. The summed E-state index contributed by atoms with van der Waals surface area (Å²) < 4.78 is 17.7. The molecule has 0 radical (unpaired) electrons. The second-order valence-electron chi connectivity index (χ2n) is 7.86. The molecule has 1 aromatic carbocycles.